The van der Waals surface area contributed by atoms with Crippen LogP contribution in [0.4, 0.5) is 0 Å². The van der Waals surface area contributed by atoms with E-state index in [-0.39, 0.29) is 6.61 Å². The largest absolute Gasteiger partial charge is 0.489 e. The molecule has 0 aromatic heterocycles. The average Bonchev–Trinajstić information content (AvgIpc) is 3.29. The molecule has 1 fully saturated rings. The summed E-state index contributed by atoms with van der Waals surface area (Å²) in [6.45, 7) is 3.24. The van der Waals surface area contributed by atoms with Crippen LogP contribution in [0.15, 0.2) is 12.1 Å². The van der Waals surface area contributed by atoms with E-state index in [9.17, 15) is 0 Å². The fourth-order valence-corrected chi connectivity index (χ4v) is 3.03. The van der Waals surface area contributed by atoms with Crippen LogP contribution in [-0.2, 0) is 6.42 Å². The van der Waals surface area contributed by atoms with Crippen molar-refractivity contribution in [2.24, 2.45) is 0 Å². The van der Waals surface area contributed by atoms with Crippen molar-refractivity contribution in [3.8, 4) is 11.5 Å². The van der Waals surface area contributed by atoms with Crippen LogP contribution in [0.5, 0.6) is 11.5 Å². The molecule has 1 aromatic carbocycles. The van der Waals surface area contributed by atoms with E-state index in [0.717, 1.165) is 37.2 Å². The Hall–Kier alpha value is -0.970. The van der Waals surface area contributed by atoms with E-state index in [0.29, 0.717) is 30.0 Å². The molecule has 0 saturated heterocycles. The standard InChI is InChI=1S/C16H22ClNO3/c17-14-10-12(4-5-18(6-7-19)13-2-3-13)11-15-16(14)21-9-1-8-20-15/h10-11,13,19H,1-9H2. The molecule has 5 heteroatoms. The zero-order chi connectivity index (χ0) is 14.7. The number of rotatable bonds is 6. The molecule has 0 atom stereocenters. The van der Waals surface area contributed by atoms with Gasteiger partial charge in [-0.1, -0.05) is 11.6 Å². The Morgan fingerprint density at radius 1 is 1.19 bits per heavy atom. The number of hydrogen-bond acceptors (Lipinski definition) is 4. The van der Waals surface area contributed by atoms with E-state index in [1.807, 2.05) is 12.1 Å². The summed E-state index contributed by atoms with van der Waals surface area (Å²) in [5, 5.41) is 9.77. The topological polar surface area (TPSA) is 41.9 Å². The van der Waals surface area contributed by atoms with Crippen molar-refractivity contribution in [3.63, 3.8) is 0 Å². The van der Waals surface area contributed by atoms with Crippen molar-refractivity contribution in [2.45, 2.75) is 31.7 Å². The molecule has 1 aliphatic carbocycles. The molecule has 116 valence electrons. The SMILES string of the molecule is OCCN(CCc1cc(Cl)c2c(c1)OCCCO2)C1CC1. The molecule has 0 spiro atoms. The maximum absolute atomic E-state index is 9.14. The van der Waals surface area contributed by atoms with Gasteiger partial charge in [0.2, 0.25) is 0 Å². The van der Waals surface area contributed by atoms with Crippen LogP contribution in [0.1, 0.15) is 24.8 Å². The van der Waals surface area contributed by atoms with Crippen LogP contribution in [-0.4, -0.2) is 49.0 Å². The van der Waals surface area contributed by atoms with Crippen LogP contribution in [0.2, 0.25) is 5.02 Å². The molecule has 1 aromatic rings. The van der Waals surface area contributed by atoms with Gasteiger partial charge < -0.3 is 14.6 Å². The number of fused-ring (bicyclic) bond motifs is 1. The number of halogens is 1. The minimum atomic E-state index is 0.221. The van der Waals surface area contributed by atoms with Gasteiger partial charge in [-0.05, 0) is 37.0 Å². The van der Waals surface area contributed by atoms with E-state index >= 15 is 0 Å². The summed E-state index contributed by atoms with van der Waals surface area (Å²) in [6.07, 6.45) is 4.29. The molecular weight excluding hydrogens is 290 g/mol. The first-order valence-corrected chi connectivity index (χ1v) is 8.08. The minimum absolute atomic E-state index is 0.221. The quantitative estimate of drug-likeness (QED) is 0.876. The predicted octanol–water partition coefficient (Wildman–Crippen LogP) is 2.50. The van der Waals surface area contributed by atoms with Gasteiger partial charge in [-0.15, -0.1) is 0 Å². The van der Waals surface area contributed by atoms with Crippen molar-refractivity contribution in [3.05, 3.63) is 22.7 Å². The maximum Gasteiger partial charge on any atom is 0.179 e. The fourth-order valence-electron chi connectivity index (χ4n) is 2.75. The molecule has 1 heterocycles. The molecule has 0 amide bonds. The summed E-state index contributed by atoms with van der Waals surface area (Å²) < 4.78 is 11.4. The highest BCUT2D eigenvalue weighted by Crippen LogP contribution is 2.38. The van der Waals surface area contributed by atoms with Gasteiger partial charge in [0.1, 0.15) is 0 Å². The van der Waals surface area contributed by atoms with Gasteiger partial charge in [-0.25, -0.2) is 0 Å². The second-order valence-electron chi connectivity index (χ2n) is 5.70. The number of benzene rings is 1. The Balaban J connectivity index is 1.67. The smallest absolute Gasteiger partial charge is 0.179 e. The van der Waals surface area contributed by atoms with Crippen molar-refractivity contribution in [1.29, 1.82) is 0 Å². The molecule has 0 bridgehead atoms. The van der Waals surface area contributed by atoms with Crippen LogP contribution in [0, 0.1) is 0 Å². The van der Waals surface area contributed by atoms with Crippen molar-refractivity contribution < 1.29 is 14.6 Å². The average molecular weight is 312 g/mol. The highest BCUT2D eigenvalue weighted by Gasteiger charge is 2.28. The molecular formula is C16H22ClNO3. The molecule has 21 heavy (non-hydrogen) atoms. The first-order chi connectivity index (χ1) is 10.3. The van der Waals surface area contributed by atoms with Gasteiger partial charge in [0.25, 0.3) is 0 Å². The van der Waals surface area contributed by atoms with Gasteiger partial charge in [0.15, 0.2) is 11.5 Å². The van der Waals surface area contributed by atoms with Crippen molar-refractivity contribution >= 4 is 11.6 Å². The van der Waals surface area contributed by atoms with E-state index in [4.69, 9.17) is 26.2 Å². The number of nitrogens with zero attached hydrogens (tertiary/aromatic N) is 1. The third-order valence-corrected chi connectivity index (χ3v) is 4.28. The fraction of sp³-hybridized carbons (Fsp3) is 0.625. The Morgan fingerprint density at radius 3 is 2.76 bits per heavy atom. The second-order valence-corrected chi connectivity index (χ2v) is 6.10. The summed E-state index contributed by atoms with van der Waals surface area (Å²) in [6, 6.07) is 4.67. The monoisotopic (exact) mass is 311 g/mol. The zero-order valence-electron chi connectivity index (χ0n) is 12.2. The second kappa shape index (κ2) is 6.86. The van der Waals surface area contributed by atoms with Crippen LogP contribution in [0.25, 0.3) is 0 Å². The van der Waals surface area contributed by atoms with Gasteiger partial charge in [0.05, 0.1) is 24.8 Å². The van der Waals surface area contributed by atoms with E-state index in [1.165, 1.54) is 12.8 Å². The molecule has 3 rings (SSSR count). The molecule has 2 aliphatic rings. The Kier molecular flexibility index (Phi) is 4.88. The highest BCUT2D eigenvalue weighted by molar-refractivity contribution is 6.32. The maximum atomic E-state index is 9.14. The lowest BCUT2D eigenvalue weighted by atomic mass is 10.1. The summed E-state index contributed by atoms with van der Waals surface area (Å²) >= 11 is 6.31. The zero-order valence-corrected chi connectivity index (χ0v) is 12.9. The van der Waals surface area contributed by atoms with Crippen molar-refractivity contribution in [2.75, 3.05) is 32.9 Å². The van der Waals surface area contributed by atoms with Gasteiger partial charge in [-0.3, -0.25) is 4.90 Å². The van der Waals surface area contributed by atoms with Crippen molar-refractivity contribution in [1.82, 2.24) is 4.90 Å². The van der Waals surface area contributed by atoms with Gasteiger partial charge >= 0.3 is 0 Å². The minimum Gasteiger partial charge on any atom is -0.489 e. The number of aliphatic hydroxyl groups is 1. The molecule has 0 radical (unpaired) electrons. The number of aliphatic hydroxyl groups excluding tert-OH is 1. The Labute approximate surface area is 130 Å². The lowest BCUT2D eigenvalue weighted by molar-refractivity contribution is 0.190. The summed E-state index contributed by atoms with van der Waals surface area (Å²) in [4.78, 5) is 2.36. The number of hydrogen-bond donors (Lipinski definition) is 1. The number of ether oxygens (including phenoxy) is 2. The molecule has 4 nitrogen and oxygen atoms in total. The first-order valence-electron chi connectivity index (χ1n) is 7.71. The van der Waals surface area contributed by atoms with Gasteiger partial charge in [-0.2, -0.15) is 0 Å². The summed E-state index contributed by atoms with van der Waals surface area (Å²) in [5.74, 6) is 1.43. The van der Waals surface area contributed by atoms with Crippen LogP contribution < -0.4 is 9.47 Å². The van der Waals surface area contributed by atoms with E-state index in [2.05, 4.69) is 4.90 Å². The third kappa shape index (κ3) is 3.82. The molecule has 0 unspecified atom stereocenters. The molecule has 1 aliphatic heterocycles. The summed E-state index contributed by atoms with van der Waals surface area (Å²) in [7, 11) is 0. The highest BCUT2D eigenvalue weighted by atomic mass is 35.5. The first kappa shape index (κ1) is 14.9. The normalized spacial score (nSPS) is 17.9. The molecule has 1 saturated carbocycles. The predicted molar refractivity (Wildman–Crippen MR) is 82.4 cm³/mol. The lowest BCUT2D eigenvalue weighted by Gasteiger charge is -2.21. The molecule has 1 N–H and O–H groups in total. The van der Waals surface area contributed by atoms with Gasteiger partial charge in [0, 0.05) is 25.6 Å². The Bertz CT molecular complexity index is 491. The summed E-state index contributed by atoms with van der Waals surface area (Å²) in [5.41, 5.74) is 1.16. The Morgan fingerprint density at radius 2 is 2.00 bits per heavy atom. The van der Waals surface area contributed by atoms with Crippen LogP contribution >= 0.6 is 11.6 Å². The lowest BCUT2D eigenvalue weighted by Crippen LogP contribution is -2.31. The van der Waals surface area contributed by atoms with E-state index < -0.39 is 0 Å². The van der Waals surface area contributed by atoms with E-state index in [1.54, 1.807) is 0 Å². The third-order valence-electron chi connectivity index (χ3n) is 4.00. The van der Waals surface area contributed by atoms with Crippen LogP contribution in [0.3, 0.4) is 0 Å².